The SMILES string of the molecule is CN1c2ccccc2C2(CCC3(CC2)OCCO3)C1CCc1ccccc1. The number of anilines is 1. The average Bonchev–Trinajstić information content (AvgIpc) is 3.26. The Morgan fingerprint density at radius 3 is 2.30 bits per heavy atom. The van der Waals surface area contributed by atoms with Gasteiger partial charge in [-0.1, -0.05) is 48.5 Å². The molecule has 0 radical (unpaired) electrons. The molecule has 1 saturated carbocycles. The Labute approximate surface area is 162 Å². The van der Waals surface area contributed by atoms with Crippen LogP contribution in [0.5, 0.6) is 0 Å². The summed E-state index contributed by atoms with van der Waals surface area (Å²) in [7, 11) is 2.29. The number of rotatable bonds is 3. The number of hydrogen-bond acceptors (Lipinski definition) is 3. The van der Waals surface area contributed by atoms with Crippen molar-refractivity contribution in [3.63, 3.8) is 0 Å². The molecule has 1 unspecified atom stereocenters. The molecule has 1 saturated heterocycles. The second-order valence-corrected chi connectivity index (χ2v) is 8.43. The van der Waals surface area contributed by atoms with Gasteiger partial charge >= 0.3 is 0 Å². The summed E-state index contributed by atoms with van der Waals surface area (Å²) >= 11 is 0. The largest absolute Gasteiger partial charge is 0.370 e. The van der Waals surface area contributed by atoms with Gasteiger partial charge in [0.2, 0.25) is 0 Å². The third-order valence-corrected chi connectivity index (χ3v) is 7.19. The van der Waals surface area contributed by atoms with Gasteiger partial charge in [0.25, 0.3) is 0 Å². The molecular weight excluding hydrogens is 334 g/mol. The van der Waals surface area contributed by atoms with E-state index in [0.29, 0.717) is 6.04 Å². The van der Waals surface area contributed by atoms with Crippen LogP contribution in [0.3, 0.4) is 0 Å². The Morgan fingerprint density at radius 2 is 1.56 bits per heavy atom. The van der Waals surface area contributed by atoms with E-state index < -0.39 is 0 Å². The molecule has 27 heavy (non-hydrogen) atoms. The van der Waals surface area contributed by atoms with E-state index in [4.69, 9.17) is 9.47 Å². The van der Waals surface area contributed by atoms with Crippen LogP contribution >= 0.6 is 0 Å². The summed E-state index contributed by atoms with van der Waals surface area (Å²) in [5.41, 5.74) is 4.62. The normalized spacial score (nSPS) is 25.2. The highest BCUT2D eigenvalue weighted by Crippen LogP contribution is 2.56. The van der Waals surface area contributed by atoms with Gasteiger partial charge in [-0.3, -0.25) is 0 Å². The lowest BCUT2D eigenvalue weighted by atomic mass is 9.64. The summed E-state index contributed by atoms with van der Waals surface area (Å²) in [6.07, 6.45) is 6.63. The molecular formula is C24H29NO2. The lowest BCUT2D eigenvalue weighted by Gasteiger charge is -2.46. The van der Waals surface area contributed by atoms with Crippen molar-refractivity contribution < 1.29 is 9.47 Å². The minimum absolute atomic E-state index is 0.223. The highest BCUT2D eigenvalue weighted by molar-refractivity contribution is 5.64. The van der Waals surface area contributed by atoms with Crippen LogP contribution in [0.2, 0.25) is 0 Å². The molecule has 0 N–H and O–H groups in total. The summed E-state index contributed by atoms with van der Waals surface area (Å²) in [5, 5.41) is 0. The molecule has 3 nitrogen and oxygen atoms in total. The van der Waals surface area contributed by atoms with Crippen LogP contribution in [0.15, 0.2) is 54.6 Å². The van der Waals surface area contributed by atoms with Gasteiger partial charge in [0.05, 0.1) is 13.2 Å². The highest BCUT2D eigenvalue weighted by atomic mass is 16.7. The maximum atomic E-state index is 6.03. The molecule has 3 heteroatoms. The number of aryl methyl sites for hydroxylation is 1. The van der Waals surface area contributed by atoms with Crippen molar-refractivity contribution in [3.8, 4) is 0 Å². The number of nitrogens with zero attached hydrogens (tertiary/aromatic N) is 1. The van der Waals surface area contributed by atoms with Gasteiger partial charge in [-0.15, -0.1) is 0 Å². The first-order valence-corrected chi connectivity index (χ1v) is 10.4. The minimum atomic E-state index is -0.300. The smallest absolute Gasteiger partial charge is 0.168 e. The van der Waals surface area contributed by atoms with Crippen LogP contribution in [-0.2, 0) is 21.3 Å². The lowest BCUT2D eigenvalue weighted by Crippen LogP contribution is -2.50. The van der Waals surface area contributed by atoms with E-state index in [-0.39, 0.29) is 11.2 Å². The van der Waals surface area contributed by atoms with Gasteiger partial charge in [0, 0.05) is 37.0 Å². The molecule has 5 rings (SSSR count). The summed E-state index contributed by atoms with van der Waals surface area (Å²) in [6.45, 7) is 1.50. The van der Waals surface area contributed by atoms with Crippen molar-refractivity contribution in [1.29, 1.82) is 0 Å². The predicted molar refractivity (Wildman–Crippen MR) is 108 cm³/mol. The topological polar surface area (TPSA) is 21.7 Å². The van der Waals surface area contributed by atoms with Crippen molar-refractivity contribution in [1.82, 2.24) is 0 Å². The quantitative estimate of drug-likeness (QED) is 0.789. The van der Waals surface area contributed by atoms with Crippen molar-refractivity contribution in [3.05, 3.63) is 65.7 Å². The van der Waals surface area contributed by atoms with Crippen LogP contribution in [-0.4, -0.2) is 32.1 Å². The molecule has 0 aromatic heterocycles. The predicted octanol–water partition coefficient (Wildman–Crippen LogP) is 4.69. The van der Waals surface area contributed by atoms with Gasteiger partial charge in [0.1, 0.15) is 0 Å². The molecule has 1 aliphatic carbocycles. The molecule has 3 aliphatic rings. The van der Waals surface area contributed by atoms with Crippen molar-refractivity contribution in [2.75, 3.05) is 25.2 Å². The Balaban J connectivity index is 1.44. The van der Waals surface area contributed by atoms with Crippen LogP contribution in [0, 0.1) is 0 Å². The van der Waals surface area contributed by atoms with Crippen molar-refractivity contribution >= 4 is 5.69 Å². The Hall–Kier alpha value is -1.84. The molecule has 2 heterocycles. The minimum Gasteiger partial charge on any atom is -0.370 e. The van der Waals surface area contributed by atoms with E-state index in [1.807, 2.05) is 0 Å². The average molecular weight is 364 g/mol. The molecule has 2 aromatic rings. The second kappa shape index (κ2) is 6.65. The van der Waals surface area contributed by atoms with E-state index >= 15 is 0 Å². The van der Waals surface area contributed by atoms with E-state index in [2.05, 4.69) is 66.5 Å². The number of para-hydroxylation sites is 1. The third kappa shape index (κ3) is 2.79. The zero-order chi connectivity index (χ0) is 18.3. The molecule has 142 valence electrons. The van der Waals surface area contributed by atoms with Gasteiger partial charge in [-0.05, 0) is 42.9 Å². The van der Waals surface area contributed by atoms with E-state index in [0.717, 1.165) is 45.3 Å². The van der Waals surface area contributed by atoms with Gasteiger partial charge in [-0.2, -0.15) is 0 Å². The van der Waals surface area contributed by atoms with Crippen molar-refractivity contribution in [2.45, 2.75) is 55.8 Å². The fourth-order valence-corrected chi connectivity index (χ4v) is 5.80. The number of likely N-dealkylation sites (N-methyl/N-ethyl adjacent to an activating group) is 1. The van der Waals surface area contributed by atoms with Crippen LogP contribution in [0.25, 0.3) is 0 Å². The Kier molecular flexibility index (Phi) is 4.25. The molecule has 1 atom stereocenters. The summed E-state index contributed by atoms with van der Waals surface area (Å²) in [6, 6.07) is 20.5. The first-order valence-electron chi connectivity index (χ1n) is 10.4. The fourth-order valence-electron chi connectivity index (χ4n) is 5.80. The Morgan fingerprint density at radius 1 is 0.889 bits per heavy atom. The summed E-state index contributed by atoms with van der Waals surface area (Å²) < 4.78 is 12.1. The van der Waals surface area contributed by atoms with Gasteiger partial charge in [0.15, 0.2) is 5.79 Å². The van der Waals surface area contributed by atoms with Crippen LogP contribution < -0.4 is 4.90 Å². The fraction of sp³-hybridized carbons (Fsp3) is 0.500. The maximum Gasteiger partial charge on any atom is 0.168 e. The highest BCUT2D eigenvalue weighted by Gasteiger charge is 2.54. The van der Waals surface area contributed by atoms with E-state index in [1.54, 1.807) is 5.56 Å². The third-order valence-electron chi connectivity index (χ3n) is 7.19. The number of ether oxygens (including phenoxy) is 2. The molecule has 0 bridgehead atoms. The van der Waals surface area contributed by atoms with Crippen LogP contribution in [0.4, 0.5) is 5.69 Å². The summed E-state index contributed by atoms with van der Waals surface area (Å²) in [5.74, 6) is -0.300. The lowest BCUT2D eigenvalue weighted by molar-refractivity contribution is -0.186. The van der Waals surface area contributed by atoms with Crippen molar-refractivity contribution in [2.24, 2.45) is 0 Å². The summed E-state index contributed by atoms with van der Waals surface area (Å²) in [4.78, 5) is 2.55. The molecule has 2 aromatic carbocycles. The number of fused-ring (bicyclic) bond motifs is 2. The molecule has 2 fully saturated rings. The zero-order valence-corrected chi connectivity index (χ0v) is 16.2. The monoisotopic (exact) mass is 363 g/mol. The standard InChI is InChI=1S/C24H29NO2/c1-25-21-10-6-5-9-20(21)23(13-15-24(16-14-23)26-17-18-27-24)22(25)12-11-19-7-3-2-4-8-19/h2-10,22H,11-18H2,1H3. The molecule has 0 amide bonds. The second-order valence-electron chi connectivity index (χ2n) is 8.43. The van der Waals surface area contributed by atoms with E-state index in [1.165, 1.54) is 17.7 Å². The number of benzene rings is 2. The van der Waals surface area contributed by atoms with Gasteiger partial charge in [-0.25, -0.2) is 0 Å². The Bertz CT molecular complexity index is 787. The first-order chi connectivity index (χ1) is 13.2. The first kappa shape index (κ1) is 17.3. The zero-order valence-electron chi connectivity index (χ0n) is 16.2. The molecule has 2 spiro atoms. The number of hydrogen-bond donors (Lipinski definition) is 0. The maximum absolute atomic E-state index is 6.03. The molecule has 2 aliphatic heterocycles. The van der Waals surface area contributed by atoms with Crippen LogP contribution in [0.1, 0.15) is 43.2 Å². The van der Waals surface area contributed by atoms with E-state index in [9.17, 15) is 0 Å². The van der Waals surface area contributed by atoms with Gasteiger partial charge < -0.3 is 14.4 Å².